The zero-order valence-electron chi connectivity index (χ0n) is 16.7. The Morgan fingerprint density at radius 3 is 2.62 bits per heavy atom. The maximum absolute atomic E-state index is 12.2. The van der Waals surface area contributed by atoms with Crippen molar-refractivity contribution < 1.29 is 8.42 Å². The molecule has 0 aliphatic heterocycles. The van der Waals surface area contributed by atoms with Gasteiger partial charge in [-0.05, 0) is 48.9 Å². The van der Waals surface area contributed by atoms with E-state index in [-0.39, 0.29) is 16.6 Å². The van der Waals surface area contributed by atoms with Crippen LogP contribution in [0.3, 0.4) is 0 Å². The minimum absolute atomic E-state index is 0.0180. The van der Waals surface area contributed by atoms with E-state index in [4.69, 9.17) is 0 Å². The number of rotatable bonds is 7. The molecule has 2 heterocycles. The average molecular weight is 412 g/mol. The van der Waals surface area contributed by atoms with E-state index in [1.54, 1.807) is 27.6 Å². The largest absolute Gasteiger partial charge is 0.313 e. The van der Waals surface area contributed by atoms with Gasteiger partial charge in [0.15, 0.2) is 9.84 Å². The van der Waals surface area contributed by atoms with Gasteiger partial charge in [0.2, 0.25) is 0 Å². The third kappa shape index (κ3) is 4.19. The summed E-state index contributed by atoms with van der Waals surface area (Å²) in [6.45, 7) is 4.69. The van der Waals surface area contributed by atoms with Crippen molar-refractivity contribution in [3.8, 4) is 16.8 Å². The van der Waals surface area contributed by atoms with E-state index in [1.807, 2.05) is 44.4 Å². The van der Waals surface area contributed by atoms with Gasteiger partial charge in [-0.3, -0.25) is 4.79 Å². The van der Waals surface area contributed by atoms with E-state index in [0.29, 0.717) is 6.54 Å². The van der Waals surface area contributed by atoms with Gasteiger partial charge in [-0.25, -0.2) is 13.1 Å². The first-order valence-electron chi connectivity index (χ1n) is 9.94. The van der Waals surface area contributed by atoms with E-state index >= 15 is 0 Å². The molecule has 2 aromatic heterocycles. The van der Waals surface area contributed by atoms with E-state index in [1.165, 1.54) is 0 Å². The van der Waals surface area contributed by atoms with Crippen LogP contribution in [0, 0.1) is 6.92 Å². The molecule has 29 heavy (non-hydrogen) atoms. The summed E-state index contributed by atoms with van der Waals surface area (Å²) in [6.07, 6.45) is 8.02. The third-order valence-corrected chi connectivity index (χ3v) is 7.50. The standard InChI is InChI=1S/C22H25N3O3S/c1-3-10-24-14-19(5-9-22(24)26)25-13-18(12-23-25)21-8-4-17(11-16(21)2)15-29(27,28)20-6-7-20/h4-5,8-9,11-14,20H,3,6-7,10,15H2,1-2H3. The van der Waals surface area contributed by atoms with Crippen molar-refractivity contribution in [1.82, 2.24) is 14.3 Å². The van der Waals surface area contributed by atoms with Gasteiger partial charge in [-0.1, -0.05) is 25.1 Å². The fraction of sp³-hybridized carbons (Fsp3) is 0.364. The summed E-state index contributed by atoms with van der Waals surface area (Å²) in [6, 6.07) is 9.14. The lowest BCUT2D eigenvalue weighted by atomic mass is 10.0. The second kappa shape index (κ2) is 7.63. The monoisotopic (exact) mass is 411 g/mol. The molecule has 1 aliphatic carbocycles. The van der Waals surface area contributed by atoms with Gasteiger partial charge < -0.3 is 4.57 Å². The zero-order valence-corrected chi connectivity index (χ0v) is 17.5. The highest BCUT2D eigenvalue weighted by Gasteiger charge is 2.35. The molecule has 0 unspecified atom stereocenters. The highest BCUT2D eigenvalue weighted by molar-refractivity contribution is 7.91. The molecule has 0 atom stereocenters. The summed E-state index contributed by atoms with van der Waals surface area (Å²) in [5.74, 6) is 0.108. The van der Waals surface area contributed by atoms with Crippen LogP contribution in [-0.4, -0.2) is 28.0 Å². The normalized spacial score (nSPS) is 14.3. The second-order valence-corrected chi connectivity index (χ2v) is 10.0. The molecule has 1 aliphatic rings. The molecule has 6 nitrogen and oxygen atoms in total. The van der Waals surface area contributed by atoms with Crippen LogP contribution in [0.2, 0.25) is 0 Å². The smallest absolute Gasteiger partial charge is 0.250 e. The number of sulfone groups is 1. The Kier molecular flexibility index (Phi) is 5.17. The molecule has 1 saturated carbocycles. The molecule has 7 heteroatoms. The Morgan fingerprint density at radius 1 is 1.14 bits per heavy atom. The number of aryl methyl sites for hydroxylation is 2. The van der Waals surface area contributed by atoms with Crippen LogP contribution < -0.4 is 5.56 Å². The molecule has 1 aromatic carbocycles. The van der Waals surface area contributed by atoms with Crippen LogP contribution in [0.25, 0.3) is 16.8 Å². The number of nitrogens with zero attached hydrogens (tertiary/aromatic N) is 3. The Morgan fingerprint density at radius 2 is 1.93 bits per heavy atom. The fourth-order valence-corrected chi connectivity index (χ4v) is 5.32. The lowest BCUT2D eigenvalue weighted by Crippen LogP contribution is -2.19. The quantitative estimate of drug-likeness (QED) is 0.596. The molecule has 3 aromatic rings. The molecule has 1 fully saturated rings. The van der Waals surface area contributed by atoms with Crippen molar-refractivity contribution in [2.75, 3.05) is 0 Å². The predicted octanol–water partition coefficient (Wildman–Crippen LogP) is 3.50. The summed E-state index contributed by atoms with van der Waals surface area (Å²) in [5.41, 5.74) is 4.63. The molecule has 0 N–H and O–H groups in total. The second-order valence-electron chi connectivity index (χ2n) is 7.75. The molecule has 0 bridgehead atoms. The van der Waals surface area contributed by atoms with Crippen LogP contribution in [0.1, 0.15) is 37.3 Å². The van der Waals surface area contributed by atoms with Crippen molar-refractivity contribution in [2.24, 2.45) is 0 Å². The zero-order chi connectivity index (χ0) is 20.6. The first-order chi connectivity index (χ1) is 13.9. The first-order valence-corrected chi connectivity index (χ1v) is 11.7. The Bertz CT molecular complexity index is 1200. The molecule has 0 spiro atoms. The molecule has 0 radical (unpaired) electrons. The van der Waals surface area contributed by atoms with Crippen LogP contribution in [0.15, 0.2) is 53.7 Å². The summed E-state index contributed by atoms with van der Waals surface area (Å²) in [7, 11) is -3.02. The highest BCUT2D eigenvalue weighted by atomic mass is 32.2. The van der Waals surface area contributed by atoms with E-state index < -0.39 is 9.84 Å². The molecule has 0 amide bonds. The minimum atomic E-state index is -3.02. The Balaban J connectivity index is 1.59. The van der Waals surface area contributed by atoms with Crippen LogP contribution in [0.4, 0.5) is 0 Å². The van der Waals surface area contributed by atoms with E-state index in [0.717, 1.165) is 47.2 Å². The Labute approximate surface area is 170 Å². The maximum Gasteiger partial charge on any atom is 0.250 e. The van der Waals surface area contributed by atoms with Crippen molar-refractivity contribution in [2.45, 2.75) is 50.7 Å². The Hall–Kier alpha value is -2.67. The number of benzene rings is 1. The lowest BCUT2D eigenvalue weighted by molar-refractivity contribution is 0.594. The summed E-state index contributed by atoms with van der Waals surface area (Å²) >= 11 is 0. The molecular formula is C22H25N3O3S. The van der Waals surface area contributed by atoms with Crippen molar-refractivity contribution in [1.29, 1.82) is 0 Å². The summed E-state index contributed by atoms with van der Waals surface area (Å²) in [4.78, 5) is 11.9. The van der Waals surface area contributed by atoms with Crippen molar-refractivity contribution in [3.05, 3.63) is 70.4 Å². The maximum atomic E-state index is 12.2. The number of pyridine rings is 1. The molecular weight excluding hydrogens is 386 g/mol. The number of hydrogen-bond donors (Lipinski definition) is 0. The first kappa shape index (κ1) is 19.6. The van der Waals surface area contributed by atoms with Gasteiger partial charge in [-0.15, -0.1) is 0 Å². The van der Waals surface area contributed by atoms with Gasteiger partial charge >= 0.3 is 0 Å². The van der Waals surface area contributed by atoms with E-state index in [2.05, 4.69) is 5.10 Å². The number of hydrogen-bond acceptors (Lipinski definition) is 4. The van der Waals surface area contributed by atoms with Gasteiger partial charge in [0.1, 0.15) is 0 Å². The van der Waals surface area contributed by atoms with Crippen molar-refractivity contribution in [3.63, 3.8) is 0 Å². The van der Waals surface area contributed by atoms with Crippen LogP contribution >= 0.6 is 0 Å². The lowest BCUT2D eigenvalue weighted by Gasteiger charge is -2.08. The van der Waals surface area contributed by atoms with Crippen LogP contribution in [-0.2, 0) is 22.1 Å². The highest BCUT2D eigenvalue weighted by Crippen LogP contribution is 2.32. The van der Waals surface area contributed by atoms with Gasteiger partial charge in [-0.2, -0.15) is 5.10 Å². The summed E-state index contributed by atoms with van der Waals surface area (Å²) < 4.78 is 27.9. The van der Waals surface area contributed by atoms with Gasteiger partial charge in [0.05, 0.1) is 22.9 Å². The van der Waals surface area contributed by atoms with Gasteiger partial charge in [0, 0.05) is 30.6 Å². The average Bonchev–Trinajstić information content (AvgIpc) is 3.43. The topological polar surface area (TPSA) is 74.0 Å². The summed E-state index contributed by atoms with van der Waals surface area (Å²) in [5, 5.41) is 4.31. The SMILES string of the molecule is CCCn1cc(-n2cc(-c3ccc(CS(=O)(=O)C4CC4)cc3C)cn2)ccc1=O. The molecule has 152 valence electrons. The molecule has 0 saturated heterocycles. The van der Waals surface area contributed by atoms with Gasteiger partial charge in [0.25, 0.3) is 5.56 Å². The molecule has 4 rings (SSSR count). The number of aromatic nitrogens is 3. The van der Waals surface area contributed by atoms with Crippen LogP contribution in [0.5, 0.6) is 0 Å². The minimum Gasteiger partial charge on any atom is -0.313 e. The predicted molar refractivity (Wildman–Crippen MR) is 114 cm³/mol. The van der Waals surface area contributed by atoms with Crippen molar-refractivity contribution >= 4 is 9.84 Å². The van der Waals surface area contributed by atoms with E-state index in [9.17, 15) is 13.2 Å². The fourth-order valence-electron chi connectivity index (χ4n) is 3.59. The third-order valence-electron chi connectivity index (χ3n) is 5.28.